The van der Waals surface area contributed by atoms with E-state index in [0.717, 1.165) is 0 Å². The molecule has 2 aromatic rings. The zero-order chi connectivity index (χ0) is 14.7. The summed E-state index contributed by atoms with van der Waals surface area (Å²) in [6.45, 7) is 1.60. The molecular formula is C11H9N6O3+. The van der Waals surface area contributed by atoms with E-state index in [1.165, 1.54) is 24.3 Å². The van der Waals surface area contributed by atoms with Gasteiger partial charge in [-0.15, -0.1) is 5.10 Å². The number of amides is 1. The number of nitro benzene ring substituents is 1. The summed E-state index contributed by atoms with van der Waals surface area (Å²) in [5.41, 5.74) is 0.0871. The van der Waals surface area contributed by atoms with Crippen molar-refractivity contribution in [2.45, 2.75) is 6.92 Å². The van der Waals surface area contributed by atoms with Crippen molar-refractivity contribution in [3.8, 4) is 0 Å². The highest BCUT2D eigenvalue weighted by atomic mass is 16.6. The molecule has 0 fully saturated rings. The van der Waals surface area contributed by atoms with Crippen molar-refractivity contribution in [2.24, 2.45) is 0 Å². The first-order valence-electron chi connectivity index (χ1n) is 5.49. The quantitative estimate of drug-likeness (QED) is 0.503. The van der Waals surface area contributed by atoms with Crippen molar-refractivity contribution in [2.75, 3.05) is 5.32 Å². The predicted molar refractivity (Wildman–Crippen MR) is 69.1 cm³/mol. The van der Waals surface area contributed by atoms with Crippen LogP contribution in [0.4, 0.5) is 17.2 Å². The number of H-pyrrole nitrogens is 1. The lowest BCUT2D eigenvalue weighted by atomic mass is 10.1. The van der Waals surface area contributed by atoms with E-state index in [0.29, 0.717) is 5.69 Å². The summed E-state index contributed by atoms with van der Waals surface area (Å²) in [5.74, 6) is -0.721. The molecule has 1 heterocycles. The molecule has 1 amide bonds. The highest BCUT2D eigenvalue weighted by Gasteiger charge is 2.26. The highest BCUT2D eigenvalue weighted by molar-refractivity contribution is 6.07. The molecule has 0 aliphatic heterocycles. The van der Waals surface area contributed by atoms with Crippen LogP contribution in [0.3, 0.4) is 0 Å². The Hall–Kier alpha value is -3.28. The monoisotopic (exact) mass is 273 g/mol. The van der Waals surface area contributed by atoms with Gasteiger partial charge in [-0.3, -0.25) is 25.3 Å². The first kappa shape index (κ1) is 13.2. The number of carbonyl (C=O) groups is 1. The largest absolute Gasteiger partial charge is 0.449 e. The van der Waals surface area contributed by atoms with Crippen molar-refractivity contribution in [1.82, 2.24) is 10.2 Å². The van der Waals surface area contributed by atoms with Crippen LogP contribution in [0.25, 0.3) is 4.98 Å². The Bertz CT molecular complexity index is 730. The maximum absolute atomic E-state index is 12.0. The molecule has 0 unspecified atom stereocenters. The number of para-hydroxylation sites is 1. The average molecular weight is 273 g/mol. The molecule has 100 valence electrons. The minimum absolute atomic E-state index is 0.00634. The molecule has 0 atom stereocenters. The second kappa shape index (κ2) is 5.15. The molecule has 2 rings (SSSR count). The summed E-state index contributed by atoms with van der Waals surface area (Å²) in [6, 6.07) is 5.52. The molecule has 1 aromatic heterocycles. The number of diazo groups is 1. The molecule has 0 bridgehead atoms. The Morgan fingerprint density at radius 3 is 2.85 bits per heavy atom. The second-order valence-corrected chi connectivity index (χ2v) is 3.87. The van der Waals surface area contributed by atoms with Gasteiger partial charge in [-0.05, 0) is 13.0 Å². The number of nitrogens with one attached hydrogen (secondary N) is 2. The summed E-state index contributed by atoms with van der Waals surface area (Å²) in [6.07, 6.45) is 0. The number of aromatic amines is 1. The van der Waals surface area contributed by atoms with Gasteiger partial charge in [-0.25, -0.2) is 0 Å². The van der Waals surface area contributed by atoms with Crippen molar-refractivity contribution in [1.29, 1.82) is 5.39 Å². The molecule has 0 radical (unpaired) electrons. The topological polar surface area (TPSA) is 129 Å². The number of rotatable bonds is 3. The van der Waals surface area contributed by atoms with Gasteiger partial charge < -0.3 is 0 Å². The van der Waals surface area contributed by atoms with Crippen molar-refractivity contribution in [3.63, 3.8) is 0 Å². The Kier molecular flexibility index (Phi) is 3.39. The van der Waals surface area contributed by atoms with Crippen molar-refractivity contribution >= 4 is 23.1 Å². The number of aromatic nitrogens is 2. The fourth-order valence-corrected chi connectivity index (χ4v) is 1.63. The Morgan fingerprint density at radius 1 is 1.50 bits per heavy atom. The molecule has 2 N–H and O–H groups in total. The molecular weight excluding hydrogens is 264 g/mol. The smallest absolute Gasteiger partial charge is 0.298 e. The molecule has 0 aliphatic rings. The van der Waals surface area contributed by atoms with E-state index in [1.54, 1.807) is 6.92 Å². The SMILES string of the molecule is Cc1[nH]nc(NC(=O)c2ccccc2[N+](=O)[O-])c1[N+]#N. The van der Waals surface area contributed by atoms with Crippen LogP contribution in [0.15, 0.2) is 24.3 Å². The fraction of sp³-hybridized carbons (Fsp3) is 0.0909. The number of carbonyl (C=O) groups excluding carboxylic acids is 1. The average Bonchev–Trinajstić information content (AvgIpc) is 2.78. The van der Waals surface area contributed by atoms with Crippen LogP contribution in [0.1, 0.15) is 16.1 Å². The minimum Gasteiger partial charge on any atom is -0.298 e. The van der Waals surface area contributed by atoms with Gasteiger partial charge in [-0.1, -0.05) is 12.1 Å². The van der Waals surface area contributed by atoms with Crippen LogP contribution in [0.5, 0.6) is 0 Å². The molecule has 0 aliphatic carbocycles. The van der Waals surface area contributed by atoms with Gasteiger partial charge in [0.1, 0.15) is 11.3 Å². The third-order valence-corrected chi connectivity index (χ3v) is 2.59. The van der Waals surface area contributed by atoms with Crippen LogP contribution in [-0.2, 0) is 0 Å². The summed E-state index contributed by atoms with van der Waals surface area (Å²) in [5, 5.41) is 28.3. The maximum Gasteiger partial charge on any atom is 0.449 e. The van der Waals surface area contributed by atoms with Crippen LogP contribution >= 0.6 is 0 Å². The molecule has 0 saturated heterocycles. The highest BCUT2D eigenvalue weighted by Crippen LogP contribution is 2.27. The number of nitrogens with zero attached hydrogens (tertiary/aromatic N) is 4. The minimum atomic E-state index is -0.714. The first-order chi connectivity index (χ1) is 9.54. The van der Waals surface area contributed by atoms with Crippen molar-refractivity contribution in [3.05, 3.63) is 50.6 Å². The fourth-order valence-electron chi connectivity index (χ4n) is 1.63. The summed E-state index contributed by atoms with van der Waals surface area (Å²) >= 11 is 0. The van der Waals surface area contributed by atoms with Gasteiger partial charge in [0, 0.05) is 6.07 Å². The number of hydrogen-bond acceptors (Lipinski definition) is 5. The molecule has 9 heteroatoms. The van der Waals surface area contributed by atoms with Gasteiger partial charge in [0.15, 0.2) is 4.98 Å². The maximum atomic E-state index is 12.0. The second-order valence-electron chi connectivity index (χ2n) is 3.87. The summed E-state index contributed by atoms with van der Waals surface area (Å²) in [7, 11) is 0. The number of aryl methyl sites for hydroxylation is 1. The lowest BCUT2D eigenvalue weighted by molar-refractivity contribution is -0.385. The lowest BCUT2D eigenvalue weighted by Gasteiger charge is -2.01. The molecule has 20 heavy (non-hydrogen) atoms. The number of benzene rings is 1. The van der Waals surface area contributed by atoms with Crippen LogP contribution in [0, 0.1) is 22.4 Å². The van der Waals surface area contributed by atoms with E-state index in [2.05, 4.69) is 20.5 Å². The Morgan fingerprint density at radius 2 is 2.20 bits per heavy atom. The third-order valence-electron chi connectivity index (χ3n) is 2.59. The third kappa shape index (κ3) is 2.30. The van der Waals surface area contributed by atoms with Gasteiger partial charge in [-0.2, -0.15) is 0 Å². The van der Waals surface area contributed by atoms with Crippen LogP contribution in [-0.4, -0.2) is 21.0 Å². The Balaban J connectivity index is 2.34. The first-order valence-corrected chi connectivity index (χ1v) is 5.49. The normalized spacial score (nSPS) is 9.80. The summed E-state index contributed by atoms with van der Waals surface area (Å²) < 4.78 is 0. The number of anilines is 1. The molecule has 0 spiro atoms. The molecule has 9 nitrogen and oxygen atoms in total. The van der Waals surface area contributed by atoms with E-state index in [4.69, 9.17) is 5.39 Å². The summed E-state index contributed by atoms with van der Waals surface area (Å²) in [4.78, 5) is 25.2. The lowest BCUT2D eigenvalue weighted by Crippen LogP contribution is -2.14. The Labute approximate surface area is 112 Å². The standard InChI is InChI=1S/C11H8N6O3/c1-6-9(14-12)10(16-15-6)13-11(18)7-4-2-3-5-8(7)17(19)20/h2-5,12H,1H3/p+1. The van der Waals surface area contributed by atoms with E-state index in [-0.39, 0.29) is 22.8 Å². The zero-order valence-electron chi connectivity index (χ0n) is 10.3. The van der Waals surface area contributed by atoms with Gasteiger partial charge in [0.05, 0.1) is 4.92 Å². The van der Waals surface area contributed by atoms with Gasteiger partial charge in [0.25, 0.3) is 17.4 Å². The number of nitro groups is 1. The zero-order valence-corrected chi connectivity index (χ0v) is 10.3. The van der Waals surface area contributed by atoms with Gasteiger partial charge >= 0.3 is 5.69 Å². The van der Waals surface area contributed by atoms with E-state index < -0.39 is 10.8 Å². The molecule has 0 saturated carbocycles. The van der Waals surface area contributed by atoms with E-state index >= 15 is 0 Å². The molecule has 1 aromatic carbocycles. The van der Waals surface area contributed by atoms with Gasteiger partial charge in [0.2, 0.25) is 5.39 Å². The predicted octanol–water partition coefficient (Wildman–Crippen LogP) is 2.36. The van der Waals surface area contributed by atoms with Crippen molar-refractivity contribution < 1.29 is 9.72 Å². The van der Waals surface area contributed by atoms with Crippen LogP contribution < -0.4 is 5.32 Å². The van der Waals surface area contributed by atoms with E-state index in [9.17, 15) is 14.9 Å². The van der Waals surface area contributed by atoms with E-state index in [1.807, 2.05) is 0 Å². The van der Waals surface area contributed by atoms with Crippen LogP contribution in [0.2, 0.25) is 0 Å². The number of hydrogen-bond donors (Lipinski definition) is 2.